The lowest BCUT2D eigenvalue weighted by atomic mass is 10.0. The number of aryl methyl sites for hydroxylation is 1. The number of benzene rings is 1. The fraction of sp³-hybridized carbons (Fsp3) is 0.154. The molecule has 0 atom stereocenters. The molecule has 0 spiro atoms. The summed E-state index contributed by atoms with van der Waals surface area (Å²) in [5, 5.41) is 1.86. The second-order valence-electron chi connectivity index (χ2n) is 4.34. The van der Waals surface area contributed by atoms with Crippen molar-refractivity contribution in [2.24, 2.45) is 0 Å². The maximum absolute atomic E-state index is 11.2. The van der Waals surface area contributed by atoms with Gasteiger partial charge in [0.05, 0.1) is 11.1 Å². The summed E-state index contributed by atoms with van der Waals surface area (Å²) in [5.74, 6) is 0. The first-order valence-electron chi connectivity index (χ1n) is 5.63. The molecule has 0 radical (unpaired) electrons. The van der Waals surface area contributed by atoms with Gasteiger partial charge in [-0.05, 0) is 46.1 Å². The van der Waals surface area contributed by atoms with Crippen molar-refractivity contribution in [3.8, 4) is 11.1 Å². The number of halogens is 1. The molecule has 1 heterocycles. The molecule has 0 saturated carbocycles. The maximum Gasteiger partial charge on any atom is 0.229 e. The third-order valence-electron chi connectivity index (χ3n) is 2.68. The van der Waals surface area contributed by atoms with Crippen molar-refractivity contribution in [3.05, 3.63) is 38.5 Å². The van der Waals surface area contributed by atoms with E-state index in [1.807, 2.05) is 18.4 Å². The molecule has 0 aliphatic carbocycles. The summed E-state index contributed by atoms with van der Waals surface area (Å²) in [4.78, 5) is 11.7. The summed E-state index contributed by atoms with van der Waals surface area (Å²) < 4.78 is 25.7. The predicted molar refractivity (Wildman–Crippen MR) is 86.0 cm³/mol. The highest BCUT2D eigenvalue weighted by Gasteiger charge is 2.14. The van der Waals surface area contributed by atoms with E-state index in [1.165, 1.54) is 11.3 Å². The zero-order chi connectivity index (χ0) is 14.9. The predicted octanol–water partition coefficient (Wildman–Crippen LogP) is 3.67. The summed E-state index contributed by atoms with van der Waals surface area (Å²) in [7, 11) is -3.29. The van der Waals surface area contributed by atoms with Crippen LogP contribution in [0.15, 0.2) is 28.1 Å². The molecule has 0 amide bonds. The molecule has 4 nitrogen and oxygen atoms in total. The average molecular weight is 374 g/mol. The van der Waals surface area contributed by atoms with Crippen LogP contribution in [0.25, 0.3) is 11.1 Å². The van der Waals surface area contributed by atoms with Crippen molar-refractivity contribution < 1.29 is 13.2 Å². The molecule has 0 aliphatic rings. The Kier molecular flexibility index (Phi) is 4.31. The van der Waals surface area contributed by atoms with Crippen molar-refractivity contribution in [2.45, 2.75) is 6.92 Å². The lowest BCUT2D eigenvalue weighted by Crippen LogP contribution is -2.09. The minimum absolute atomic E-state index is 0.507. The number of nitrogens with one attached hydrogen (secondary N) is 1. The fourth-order valence-electron chi connectivity index (χ4n) is 1.92. The van der Waals surface area contributed by atoms with Crippen LogP contribution in [0.3, 0.4) is 0 Å². The minimum atomic E-state index is -3.29. The first-order chi connectivity index (χ1) is 9.31. The van der Waals surface area contributed by atoms with Crippen molar-refractivity contribution in [1.82, 2.24) is 0 Å². The van der Waals surface area contributed by atoms with Crippen LogP contribution in [-0.2, 0) is 10.0 Å². The van der Waals surface area contributed by atoms with Gasteiger partial charge in [0.15, 0.2) is 6.29 Å². The van der Waals surface area contributed by atoms with Crippen LogP contribution < -0.4 is 4.72 Å². The first kappa shape index (κ1) is 15.2. The lowest BCUT2D eigenvalue weighted by molar-refractivity contribution is 0.112. The molecule has 0 bridgehead atoms. The molecule has 7 heteroatoms. The van der Waals surface area contributed by atoms with Crippen LogP contribution in [0.5, 0.6) is 0 Å². The van der Waals surface area contributed by atoms with Gasteiger partial charge < -0.3 is 0 Å². The van der Waals surface area contributed by atoms with Gasteiger partial charge in [-0.15, -0.1) is 11.3 Å². The monoisotopic (exact) mass is 373 g/mol. The second kappa shape index (κ2) is 5.67. The van der Waals surface area contributed by atoms with Crippen LogP contribution in [-0.4, -0.2) is 21.0 Å². The SMILES string of the molecule is Cc1cc(NS(C)(=O)=O)ccc1-c1c(Br)csc1C=O. The number of carbonyl (C=O) groups is 1. The Balaban J connectivity index is 2.49. The Labute approximate surface area is 130 Å². The molecule has 1 N–H and O–H groups in total. The first-order valence-corrected chi connectivity index (χ1v) is 9.19. The zero-order valence-corrected chi connectivity index (χ0v) is 14.0. The largest absolute Gasteiger partial charge is 0.297 e. The summed E-state index contributed by atoms with van der Waals surface area (Å²) in [6.45, 7) is 1.88. The highest BCUT2D eigenvalue weighted by Crippen LogP contribution is 2.38. The van der Waals surface area contributed by atoms with Gasteiger partial charge in [-0.25, -0.2) is 8.42 Å². The number of thiophene rings is 1. The van der Waals surface area contributed by atoms with E-state index >= 15 is 0 Å². The third-order valence-corrected chi connectivity index (χ3v) is 5.12. The molecule has 1 aromatic heterocycles. The van der Waals surface area contributed by atoms with E-state index in [4.69, 9.17) is 0 Å². The second-order valence-corrected chi connectivity index (χ2v) is 7.86. The number of sulfonamides is 1. The Morgan fingerprint density at radius 3 is 2.60 bits per heavy atom. The Morgan fingerprint density at radius 1 is 1.35 bits per heavy atom. The highest BCUT2D eigenvalue weighted by atomic mass is 79.9. The van der Waals surface area contributed by atoms with Gasteiger partial charge >= 0.3 is 0 Å². The van der Waals surface area contributed by atoms with Crippen LogP contribution >= 0.6 is 27.3 Å². The lowest BCUT2D eigenvalue weighted by Gasteiger charge is -2.10. The smallest absolute Gasteiger partial charge is 0.229 e. The molecule has 106 valence electrons. The fourth-order valence-corrected chi connectivity index (χ4v) is 4.06. The van der Waals surface area contributed by atoms with E-state index in [-0.39, 0.29) is 0 Å². The van der Waals surface area contributed by atoms with Crippen molar-refractivity contribution in [3.63, 3.8) is 0 Å². The molecule has 0 fully saturated rings. The van der Waals surface area contributed by atoms with Crippen molar-refractivity contribution in [1.29, 1.82) is 0 Å². The number of hydrogen-bond donors (Lipinski definition) is 1. The number of carbonyl (C=O) groups excluding carboxylic acids is 1. The standard InChI is InChI=1S/C13H12BrNO3S2/c1-8-5-9(15-20(2,17)18)3-4-10(8)13-11(14)7-19-12(13)6-16/h3-7,15H,1-2H3. The van der Waals surface area contributed by atoms with Crippen molar-refractivity contribution in [2.75, 3.05) is 11.0 Å². The van der Waals surface area contributed by atoms with Gasteiger partial charge in [0, 0.05) is 21.1 Å². The molecule has 1 aromatic carbocycles. The number of hydrogen-bond acceptors (Lipinski definition) is 4. The van der Waals surface area contributed by atoms with Crippen LogP contribution in [0.1, 0.15) is 15.2 Å². The molecule has 0 saturated heterocycles. The molecule has 0 aliphatic heterocycles. The number of aldehydes is 1. The Hall–Kier alpha value is -1.18. The molecule has 20 heavy (non-hydrogen) atoms. The number of anilines is 1. The van der Waals surface area contributed by atoms with Gasteiger partial charge in [-0.3, -0.25) is 9.52 Å². The molecule has 2 aromatic rings. The number of rotatable bonds is 4. The van der Waals surface area contributed by atoms with E-state index < -0.39 is 10.0 Å². The highest BCUT2D eigenvalue weighted by molar-refractivity contribution is 9.10. The zero-order valence-electron chi connectivity index (χ0n) is 10.8. The van der Waals surface area contributed by atoms with Crippen LogP contribution in [0.4, 0.5) is 5.69 Å². The summed E-state index contributed by atoms with van der Waals surface area (Å²) >= 11 is 4.80. The van der Waals surface area contributed by atoms with E-state index in [9.17, 15) is 13.2 Å². The minimum Gasteiger partial charge on any atom is -0.297 e. The van der Waals surface area contributed by atoms with Gasteiger partial charge in [-0.1, -0.05) is 6.07 Å². The average Bonchev–Trinajstić information content (AvgIpc) is 2.69. The van der Waals surface area contributed by atoms with Crippen molar-refractivity contribution >= 4 is 49.3 Å². The Bertz CT molecular complexity index is 766. The van der Waals surface area contributed by atoms with Gasteiger partial charge in [0.1, 0.15) is 0 Å². The maximum atomic E-state index is 11.2. The summed E-state index contributed by atoms with van der Waals surface area (Å²) in [6, 6.07) is 5.24. The van der Waals surface area contributed by atoms with Crippen LogP contribution in [0, 0.1) is 6.92 Å². The molecular formula is C13H12BrNO3S2. The molecule has 2 rings (SSSR count). The molecular weight excluding hydrogens is 362 g/mol. The quantitative estimate of drug-likeness (QED) is 0.831. The third kappa shape index (κ3) is 3.28. The van der Waals surface area contributed by atoms with E-state index in [1.54, 1.807) is 12.1 Å². The topological polar surface area (TPSA) is 63.2 Å². The van der Waals surface area contributed by atoms with Gasteiger partial charge in [-0.2, -0.15) is 0 Å². The van der Waals surface area contributed by atoms with E-state index in [0.717, 1.165) is 33.7 Å². The van der Waals surface area contributed by atoms with E-state index in [0.29, 0.717) is 10.6 Å². The van der Waals surface area contributed by atoms with Gasteiger partial charge in [0.2, 0.25) is 10.0 Å². The van der Waals surface area contributed by atoms with E-state index in [2.05, 4.69) is 20.7 Å². The molecule has 0 unspecified atom stereocenters. The Morgan fingerprint density at radius 2 is 2.05 bits per heavy atom. The van der Waals surface area contributed by atoms with Crippen LogP contribution in [0.2, 0.25) is 0 Å². The summed E-state index contributed by atoms with van der Waals surface area (Å²) in [5.41, 5.74) is 3.14. The normalized spacial score (nSPS) is 11.3. The summed E-state index contributed by atoms with van der Waals surface area (Å²) in [6.07, 6.45) is 1.93. The van der Waals surface area contributed by atoms with Gasteiger partial charge in [0.25, 0.3) is 0 Å².